The van der Waals surface area contributed by atoms with Crippen LogP contribution in [0.2, 0.25) is 6.55 Å². The van der Waals surface area contributed by atoms with Crippen molar-refractivity contribution in [3.63, 3.8) is 0 Å². The first-order valence-corrected chi connectivity index (χ1v) is 19.4. The minimum Gasteiger partial charge on any atom is -0.310 e. The van der Waals surface area contributed by atoms with Crippen LogP contribution in [0.4, 0.5) is 17.1 Å². The lowest BCUT2D eigenvalue weighted by molar-refractivity contribution is 1.29. The third kappa shape index (κ3) is 3.71. The summed E-state index contributed by atoms with van der Waals surface area (Å²) in [6.45, 7) is 2.51. The Labute approximate surface area is 270 Å². The monoisotopic (exact) mass is 625 g/mol. The van der Waals surface area contributed by atoms with Crippen LogP contribution in [0, 0.1) is 0 Å². The smallest absolute Gasteiger partial charge is 0.101 e. The van der Waals surface area contributed by atoms with E-state index < -0.39 is 8.80 Å². The minimum absolute atomic E-state index is 1.18. The van der Waals surface area contributed by atoms with E-state index in [-0.39, 0.29) is 0 Å². The van der Waals surface area contributed by atoms with Crippen LogP contribution in [0.25, 0.3) is 62.2 Å². The molecule has 2 aromatic heterocycles. The van der Waals surface area contributed by atoms with Crippen LogP contribution < -0.4 is 15.3 Å². The van der Waals surface area contributed by atoms with Crippen LogP contribution in [0.15, 0.2) is 140 Å². The van der Waals surface area contributed by atoms with Gasteiger partial charge in [-0.1, -0.05) is 104 Å². The fourth-order valence-corrected chi connectivity index (χ4v) is 12.8. The van der Waals surface area contributed by atoms with E-state index in [0.29, 0.717) is 0 Å². The average Bonchev–Trinajstić information content (AvgIpc) is 3.75. The molecule has 0 radical (unpaired) electrons. The summed E-state index contributed by atoms with van der Waals surface area (Å²) < 4.78 is 5.51. The van der Waals surface area contributed by atoms with Gasteiger partial charge in [0.05, 0.1) is 0 Å². The Bertz CT molecular complexity index is 2630. The second-order valence-electron chi connectivity index (χ2n) is 12.1. The van der Waals surface area contributed by atoms with Gasteiger partial charge in [0.2, 0.25) is 0 Å². The Morgan fingerprint density at radius 2 is 1.13 bits per heavy atom. The lowest BCUT2D eigenvalue weighted by Crippen LogP contribution is -2.34. The highest BCUT2D eigenvalue weighted by Gasteiger charge is 2.30. The van der Waals surface area contributed by atoms with E-state index in [1.165, 1.54) is 79.3 Å². The highest BCUT2D eigenvalue weighted by Crippen LogP contribution is 2.44. The Balaban J connectivity index is 1.15. The number of para-hydroxylation sites is 1. The van der Waals surface area contributed by atoms with Gasteiger partial charge < -0.3 is 4.90 Å². The molecule has 4 heteroatoms. The Morgan fingerprint density at radius 3 is 2.04 bits per heavy atom. The van der Waals surface area contributed by atoms with Crippen LogP contribution in [0.3, 0.4) is 0 Å². The van der Waals surface area contributed by atoms with E-state index in [4.69, 9.17) is 0 Å². The van der Waals surface area contributed by atoms with Gasteiger partial charge in [-0.15, -0.1) is 22.7 Å². The molecule has 0 saturated heterocycles. The molecule has 0 spiro atoms. The van der Waals surface area contributed by atoms with Gasteiger partial charge in [0.15, 0.2) is 0 Å². The predicted octanol–water partition coefficient (Wildman–Crippen LogP) is 11.0. The molecular formula is C41H27NS2Si. The summed E-state index contributed by atoms with van der Waals surface area (Å²) in [6, 6.07) is 52.1. The van der Waals surface area contributed by atoms with Crippen molar-refractivity contribution in [2.45, 2.75) is 6.55 Å². The van der Waals surface area contributed by atoms with Crippen molar-refractivity contribution in [2.75, 3.05) is 4.90 Å². The quantitative estimate of drug-likeness (QED) is 0.177. The van der Waals surface area contributed by atoms with Crippen LogP contribution in [-0.4, -0.2) is 8.80 Å². The molecule has 1 aliphatic heterocycles. The molecule has 1 nitrogen and oxygen atoms in total. The van der Waals surface area contributed by atoms with Gasteiger partial charge in [-0.2, -0.15) is 0 Å². The third-order valence-electron chi connectivity index (χ3n) is 9.69. The average molecular weight is 626 g/mol. The number of hydrogen-bond donors (Lipinski definition) is 0. The zero-order chi connectivity index (χ0) is 29.6. The number of benzene rings is 7. The molecule has 1 aliphatic rings. The van der Waals surface area contributed by atoms with Crippen molar-refractivity contribution >= 4 is 110 Å². The van der Waals surface area contributed by atoms with E-state index in [1.54, 1.807) is 10.4 Å². The Morgan fingerprint density at radius 1 is 0.467 bits per heavy atom. The largest absolute Gasteiger partial charge is 0.310 e. The zero-order valence-corrected chi connectivity index (χ0v) is 27.4. The van der Waals surface area contributed by atoms with Crippen LogP contribution in [0.5, 0.6) is 0 Å². The zero-order valence-electron chi connectivity index (χ0n) is 24.6. The summed E-state index contributed by atoms with van der Waals surface area (Å²) in [5.41, 5.74) is 6.52. The first kappa shape index (κ1) is 25.6. The molecule has 0 N–H and O–H groups in total. The summed E-state index contributed by atoms with van der Waals surface area (Å²) in [7, 11) is -1.36. The highest BCUT2D eigenvalue weighted by atomic mass is 32.1. The number of thiophene rings is 2. The van der Waals surface area contributed by atoms with Crippen molar-refractivity contribution in [3.8, 4) is 11.1 Å². The molecular weight excluding hydrogens is 599 g/mol. The predicted molar refractivity (Wildman–Crippen MR) is 202 cm³/mol. The van der Waals surface area contributed by atoms with Gasteiger partial charge in [0, 0.05) is 57.4 Å². The number of fused-ring (bicyclic) bond motifs is 12. The lowest BCUT2D eigenvalue weighted by atomic mass is 10.0. The molecule has 7 aromatic carbocycles. The van der Waals surface area contributed by atoms with Crippen molar-refractivity contribution in [1.29, 1.82) is 0 Å². The van der Waals surface area contributed by atoms with E-state index in [0.717, 1.165) is 0 Å². The van der Waals surface area contributed by atoms with E-state index in [9.17, 15) is 0 Å². The second-order valence-corrected chi connectivity index (χ2v) is 16.9. The number of rotatable bonds is 3. The molecule has 9 aromatic rings. The SMILES string of the molecule is C[SiH]1c2cc(N(c3ccccc3)c3ccc4c(c3)sc3c5ccccc5ccc43)ccc2-c2c1ccc1c2sc2ccccc21. The summed E-state index contributed by atoms with van der Waals surface area (Å²) in [5.74, 6) is 0. The third-order valence-corrected chi connectivity index (χ3v) is 14.9. The first-order chi connectivity index (χ1) is 22.2. The van der Waals surface area contributed by atoms with E-state index in [2.05, 4.69) is 151 Å². The molecule has 0 fully saturated rings. The fourth-order valence-electron chi connectivity index (χ4n) is 7.54. The molecule has 10 rings (SSSR count). The summed E-state index contributed by atoms with van der Waals surface area (Å²) >= 11 is 3.86. The Kier molecular flexibility index (Phi) is 5.47. The van der Waals surface area contributed by atoms with Gasteiger partial charge >= 0.3 is 0 Å². The van der Waals surface area contributed by atoms with E-state index >= 15 is 0 Å². The summed E-state index contributed by atoms with van der Waals surface area (Å²) in [6.07, 6.45) is 0. The molecule has 0 bridgehead atoms. The van der Waals surface area contributed by atoms with Gasteiger partial charge in [-0.3, -0.25) is 0 Å². The maximum absolute atomic E-state index is 2.51. The minimum atomic E-state index is -1.36. The number of hydrogen-bond acceptors (Lipinski definition) is 3. The topological polar surface area (TPSA) is 3.24 Å². The highest BCUT2D eigenvalue weighted by molar-refractivity contribution is 7.27. The molecule has 45 heavy (non-hydrogen) atoms. The van der Waals surface area contributed by atoms with Gasteiger partial charge in [0.1, 0.15) is 8.80 Å². The van der Waals surface area contributed by atoms with E-state index in [1.807, 2.05) is 22.7 Å². The molecule has 1 unspecified atom stereocenters. The van der Waals surface area contributed by atoms with Gasteiger partial charge in [-0.25, -0.2) is 0 Å². The summed E-state index contributed by atoms with van der Waals surface area (Å²) in [5, 5.41) is 11.2. The maximum atomic E-state index is 2.51. The molecule has 0 amide bonds. The van der Waals surface area contributed by atoms with Gasteiger partial charge in [0.25, 0.3) is 0 Å². The standard InChI is InChI=1S/C41H27NS2Si/c1-45-37-22-21-33-30-13-7-8-14-35(30)43-41(33)39(37)34-20-17-28(24-38(34)45)42(26-10-3-2-4-11-26)27-16-19-31-32-18-15-25-9-5-6-12-29(25)40(32)44-36(31)23-27/h2-24,45H,1H3. The molecule has 0 saturated carbocycles. The van der Waals surface area contributed by atoms with Crippen LogP contribution in [-0.2, 0) is 0 Å². The summed E-state index contributed by atoms with van der Waals surface area (Å²) in [4.78, 5) is 2.45. The van der Waals surface area contributed by atoms with Gasteiger partial charge in [-0.05, 0) is 74.7 Å². The van der Waals surface area contributed by atoms with Crippen molar-refractivity contribution in [2.24, 2.45) is 0 Å². The molecule has 1 atom stereocenters. The molecule has 0 aliphatic carbocycles. The number of anilines is 3. The Hall–Kier alpha value is -4.74. The molecule has 212 valence electrons. The second kappa shape index (κ2) is 9.63. The van der Waals surface area contributed by atoms with Crippen molar-refractivity contribution < 1.29 is 0 Å². The maximum Gasteiger partial charge on any atom is 0.101 e. The fraction of sp³-hybridized carbons (Fsp3) is 0.0244. The van der Waals surface area contributed by atoms with Crippen LogP contribution >= 0.6 is 22.7 Å². The normalized spacial score (nSPS) is 14.1. The van der Waals surface area contributed by atoms with Crippen molar-refractivity contribution in [1.82, 2.24) is 0 Å². The van der Waals surface area contributed by atoms with Crippen LogP contribution in [0.1, 0.15) is 0 Å². The molecule has 3 heterocycles. The lowest BCUT2D eigenvalue weighted by Gasteiger charge is -2.26. The number of nitrogens with zero attached hydrogens (tertiary/aromatic N) is 1. The first-order valence-electron chi connectivity index (χ1n) is 15.5. The van der Waals surface area contributed by atoms with Crippen molar-refractivity contribution in [3.05, 3.63) is 140 Å².